The summed E-state index contributed by atoms with van der Waals surface area (Å²) in [6, 6.07) is 0. The normalized spacial score (nSPS) is 11.5. The molecule has 0 radical (unpaired) electrons. The molecule has 0 saturated heterocycles. The SMILES string of the molecule is CCONCC(F)(F)C(=O)O. The third-order valence-corrected chi connectivity index (χ3v) is 0.853. The molecule has 0 bridgehead atoms. The van der Waals surface area contributed by atoms with Gasteiger partial charge in [0.1, 0.15) is 0 Å². The minimum atomic E-state index is -3.77. The van der Waals surface area contributed by atoms with Crippen LogP contribution >= 0.6 is 0 Å². The summed E-state index contributed by atoms with van der Waals surface area (Å²) in [4.78, 5) is 14.1. The number of hydrogen-bond donors (Lipinski definition) is 2. The van der Waals surface area contributed by atoms with E-state index < -0.39 is 18.4 Å². The summed E-state index contributed by atoms with van der Waals surface area (Å²) in [6.45, 7) is 0.776. The summed E-state index contributed by atoms with van der Waals surface area (Å²) in [7, 11) is 0. The zero-order chi connectivity index (χ0) is 8.91. The van der Waals surface area contributed by atoms with E-state index in [1.54, 1.807) is 6.92 Å². The predicted octanol–water partition coefficient (Wildman–Crippen LogP) is 0.247. The average molecular weight is 169 g/mol. The summed E-state index contributed by atoms with van der Waals surface area (Å²) >= 11 is 0. The van der Waals surface area contributed by atoms with Crippen LogP contribution in [0, 0.1) is 0 Å². The first-order valence-corrected chi connectivity index (χ1v) is 2.96. The van der Waals surface area contributed by atoms with Crippen molar-refractivity contribution in [3.05, 3.63) is 0 Å². The number of aliphatic carboxylic acids is 1. The number of carboxylic acids is 1. The first-order chi connectivity index (χ1) is 5.00. The van der Waals surface area contributed by atoms with Gasteiger partial charge in [-0.05, 0) is 6.92 Å². The topological polar surface area (TPSA) is 58.6 Å². The van der Waals surface area contributed by atoms with Gasteiger partial charge in [-0.25, -0.2) is 4.79 Å². The summed E-state index contributed by atoms with van der Waals surface area (Å²) in [5.41, 5.74) is 1.83. The van der Waals surface area contributed by atoms with Gasteiger partial charge < -0.3 is 9.94 Å². The zero-order valence-electron chi connectivity index (χ0n) is 5.93. The molecule has 0 aromatic carbocycles. The minimum absolute atomic E-state index is 0.204. The smallest absolute Gasteiger partial charge is 0.376 e. The van der Waals surface area contributed by atoms with Crippen LogP contribution in [0.4, 0.5) is 8.78 Å². The van der Waals surface area contributed by atoms with Crippen LogP contribution in [-0.4, -0.2) is 30.2 Å². The lowest BCUT2D eigenvalue weighted by Crippen LogP contribution is -2.39. The number of nitrogens with one attached hydrogen (secondary N) is 1. The van der Waals surface area contributed by atoms with Crippen LogP contribution in [0.15, 0.2) is 0 Å². The van der Waals surface area contributed by atoms with Gasteiger partial charge in [-0.15, -0.1) is 0 Å². The molecule has 0 saturated carbocycles. The molecule has 0 aliphatic heterocycles. The van der Waals surface area contributed by atoms with Crippen LogP contribution in [0.5, 0.6) is 0 Å². The highest BCUT2D eigenvalue weighted by molar-refractivity contribution is 5.75. The van der Waals surface area contributed by atoms with Crippen LogP contribution in [0.1, 0.15) is 6.92 Å². The monoisotopic (exact) mass is 169 g/mol. The third kappa shape index (κ3) is 3.84. The molecule has 0 rings (SSSR count). The Morgan fingerprint density at radius 1 is 1.73 bits per heavy atom. The largest absolute Gasteiger partial charge is 0.477 e. The fourth-order valence-corrected chi connectivity index (χ4v) is 0.319. The molecule has 0 spiro atoms. The molecular formula is C5H9F2NO3. The second kappa shape index (κ2) is 4.20. The summed E-state index contributed by atoms with van der Waals surface area (Å²) in [5, 5.41) is 7.90. The zero-order valence-corrected chi connectivity index (χ0v) is 5.93. The molecule has 4 nitrogen and oxygen atoms in total. The molecule has 6 heteroatoms. The van der Waals surface area contributed by atoms with Gasteiger partial charge in [-0.1, -0.05) is 0 Å². The molecule has 0 amide bonds. The van der Waals surface area contributed by atoms with E-state index in [0.29, 0.717) is 0 Å². The molecule has 0 aromatic heterocycles. The fraction of sp³-hybridized carbons (Fsp3) is 0.800. The molecular weight excluding hydrogens is 160 g/mol. The van der Waals surface area contributed by atoms with Gasteiger partial charge in [-0.2, -0.15) is 14.3 Å². The van der Waals surface area contributed by atoms with Crippen molar-refractivity contribution in [2.24, 2.45) is 0 Å². The van der Waals surface area contributed by atoms with Gasteiger partial charge in [-0.3, -0.25) is 0 Å². The van der Waals surface area contributed by atoms with E-state index in [4.69, 9.17) is 5.11 Å². The average Bonchev–Trinajstić information content (AvgIpc) is 1.88. The van der Waals surface area contributed by atoms with E-state index in [9.17, 15) is 13.6 Å². The number of halogens is 2. The van der Waals surface area contributed by atoms with Crippen molar-refractivity contribution < 1.29 is 23.5 Å². The molecule has 0 unspecified atom stereocenters. The highest BCUT2D eigenvalue weighted by Crippen LogP contribution is 2.11. The van der Waals surface area contributed by atoms with Gasteiger partial charge in [0.05, 0.1) is 13.2 Å². The standard InChI is InChI=1S/C5H9F2NO3/c1-2-11-8-3-5(6,7)4(9)10/h8H,2-3H2,1H3,(H,9,10). The Bertz CT molecular complexity index is 140. The molecule has 66 valence electrons. The highest BCUT2D eigenvalue weighted by Gasteiger charge is 2.38. The van der Waals surface area contributed by atoms with Crippen molar-refractivity contribution in [1.82, 2.24) is 5.48 Å². The van der Waals surface area contributed by atoms with Gasteiger partial charge in [0.25, 0.3) is 0 Å². The van der Waals surface area contributed by atoms with E-state index in [1.165, 1.54) is 0 Å². The van der Waals surface area contributed by atoms with E-state index >= 15 is 0 Å². The van der Waals surface area contributed by atoms with Crippen LogP contribution < -0.4 is 5.48 Å². The predicted molar refractivity (Wildman–Crippen MR) is 32.2 cm³/mol. The molecule has 2 N–H and O–H groups in total. The van der Waals surface area contributed by atoms with Crippen LogP contribution in [0.25, 0.3) is 0 Å². The maximum Gasteiger partial charge on any atom is 0.376 e. The van der Waals surface area contributed by atoms with E-state index in [0.717, 1.165) is 0 Å². The number of hydrogen-bond acceptors (Lipinski definition) is 3. The lowest BCUT2D eigenvalue weighted by atomic mass is 10.3. The Hall–Kier alpha value is -0.750. The van der Waals surface area contributed by atoms with Gasteiger partial charge >= 0.3 is 11.9 Å². The summed E-state index contributed by atoms with van der Waals surface area (Å²) < 4.78 is 24.3. The molecule has 0 atom stereocenters. The van der Waals surface area contributed by atoms with Gasteiger partial charge in [0.2, 0.25) is 0 Å². The van der Waals surface area contributed by atoms with Crippen molar-refractivity contribution >= 4 is 5.97 Å². The Kier molecular flexibility index (Phi) is 3.91. The second-order valence-corrected chi connectivity index (χ2v) is 1.76. The molecule has 0 aromatic rings. The van der Waals surface area contributed by atoms with E-state index in [2.05, 4.69) is 4.84 Å². The Balaban J connectivity index is 3.64. The van der Waals surface area contributed by atoms with Crippen molar-refractivity contribution in [2.75, 3.05) is 13.2 Å². The van der Waals surface area contributed by atoms with Crippen molar-refractivity contribution in [1.29, 1.82) is 0 Å². The highest BCUT2D eigenvalue weighted by atomic mass is 19.3. The third-order valence-electron chi connectivity index (χ3n) is 0.853. The van der Waals surface area contributed by atoms with Gasteiger partial charge in [0.15, 0.2) is 0 Å². The molecule has 11 heavy (non-hydrogen) atoms. The molecule has 0 aliphatic rings. The lowest BCUT2D eigenvalue weighted by Gasteiger charge is -2.10. The molecule has 0 heterocycles. The number of carboxylic acid groups (broad SMARTS) is 1. The van der Waals surface area contributed by atoms with Crippen LogP contribution in [0.3, 0.4) is 0 Å². The summed E-state index contributed by atoms with van der Waals surface area (Å²) in [6.07, 6.45) is 0. The van der Waals surface area contributed by atoms with Crippen molar-refractivity contribution in [2.45, 2.75) is 12.8 Å². The van der Waals surface area contributed by atoms with E-state index in [1.807, 2.05) is 5.48 Å². The van der Waals surface area contributed by atoms with Crippen molar-refractivity contribution in [3.8, 4) is 0 Å². The quantitative estimate of drug-likeness (QED) is 0.457. The summed E-state index contributed by atoms with van der Waals surface area (Å²) in [5.74, 6) is -5.93. The fourth-order valence-electron chi connectivity index (χ4n) is 0.319. The van der Waals surface area contributed by atoms with Crippen LogP contribution in [0.2, 0.25) is 0 Å². The maximum atomic E-state index is 12.1. The minimum Gasteiger partial charge on any atom is -0.477 e. The maximum absolute atomic E-state index is 12.1. The Morgan fingerprint density at radius 2 is 2.27 bits per heavy atom. The molecule has 0 fully saturated rings. The second-order valence-electron chi connectivity index (χ2n) is 1.76. The van der Waals surface area contributed by atoms with Gasteiger partial charge in [0, 0.05) is 0 Å². The number of alkyl halides is 2. The van der Waals surface area contributed by atoms with Crippen LogP contribution in [-0.2, 0) is 9.63 Å². The number of carbonyl (C=O) groups is 1. The van der Waals surface area contributed by atoms with E-state index in [-0.39, 0.29) is 6.61 Å². The Labute approximate surface area is 62.1 Å². The Morgan fingerprint density at radius 3 is 2.64 bits per heavy atom. The first kappa shape index (κ1) is 10.2. The van der Waals surface area contributed by atoms with Crippen molar-refractivity contribution in [3.63, 3.8) is 0 Å². The first-order valence-electron chi connectivity index (χ1n) is 2.96. The number of hydroxylamine groups is 1. The lowest BCUT2D eigenvalue weighted by molar-refractivity contribution is -0.167. The molecule has 0 aliphatic carbocycles. The number of rotatable bonds is 5.